The predicted molar refractivity (Wildman–Crippen MR) is 70.3 cm³/mol. The molecule has 0 radical (unpaired) electrons. The van der Waals surface area contributed by atoms with E-state index in [4.69, 9.17) is 16.9 Å². The molecular weight excluding hydrogens is 288 g/mol. The summed E-state index contributed by atoms with van der Waals surface area (Å²) >= 11 is 9.51. The van der Waals surface area contributed by atoms with Gasteiger partial charge in [0.15, 0.2) is 0 Å². The second-order valence-electron chi connectivity index (χ2n) is 3.60. The van der Waals surface area contributed by atoms with Crippen molar-refractivity contribution in [3.63, 3.8) is 0 Å². The number of benzene rings is 1. The Morgan fingerprint density at radius 1 is 1.50 bits per heavy atom. The molecule has 0 bridgehead atoms. The molecule has 0 saturated carbocycles. The van der Waals surface area contributed by atoms with Crippen LogP contribution in [0.3, 0.4) is 0 Å². The van der Waals surface area contributed by atoms with Crippen LogP contribution in [0.1, 0.15) is 18.9 Å². The Kier molecular flexibility index (Phi) is 5.83. The highest BCUT2D eigenvalue weighted by Gasteiger charge is 2.07. The third-order valence-electron chi connectivity index (χ3n) is 2.24. The number of hydrogen-bond donors (Lipinski definition) is 0. The minimum atomic E-state index is 0.445. The van der Waals surface area contributed by atoms with Gasteiger partial charge in [-0.2, -0.15) is 5.26 Å². The molecule has 86 valence electrons. The van der Waals surface area contributed by atoms with E-state index in [1.165, 1.54) is 0 Å². The third kappa shape index (κ3) is 4.13. The first-order valence-corrected chi connectivity index (χ1v) is 6.37. The summed E-state index contributed by atoms with van der Waals surface area (Å²) in [6, 6.07) is 8.02. The van der Waals surface area contributed by atoms with Gasteiger partial charge in [-0.25, -0.2) is 0 Å². The van der Waals surface area contributed by atoms with Crippen LogP contribution in [-0.4, -0.2) is 18.0 Å². The molecule has 0 saturated heterocycles. The zero-order valence-corrected chi connectivity index (χ0v) is 11.6. The quantitative estimate of drug-likeness (QED) is 0.773. The zero-order valence-electron chi connectivity index (χ0n) is 9.21. The van der Waals surface area contributed by atoms with E-state index in [0.717, 1.165) is 34.6 Å². The number of nitrogens with zero attached hydrogens (tertiary/aromatic N) is 2. The van der Waals surface area contributed by atoms with Gasteiger partial charge in [-0.15, -0.1) is 0 Å². The molecule has 0 spiro atoms. The zero-order chi connectivity index (χ0) is 12.0. The van der Waals surface area contributed by atoms with E-state index in [1.807, 2.05) is 18.2 Å². The van der Waals surface area contributed by atoms with Crippen molar-refractivity contribution < 1.29 is 0 Å². The average Bonchev–Trinajstić information content (AvgIpc) is 2.23. The highest BCUT2D eigenvalue weighted by Crippen LogP contribution is 2.22. The molecule has 2 nitrogen and oxygen atoms in total. The van der Waals surface area contributed by atoms with Crippen LogP contribution in [-0.2, 0) is 6.54 Å². The van der Waals surface area contributed by atoms with E-state index in [0.29, 0.717) is 6.54 Å². The van der Waals surface area contributed by atoms with Crippen molar-refractivity contribution in [3.05, 3.63) is 33.3 Å². The summed E-state index contributed by atoms with van der Waals surface area (Å²) in [5.74, 6) is 0. The molecule has 0 amide bonds. The van der Waals surface area contributed by atoms with Crippen LogP contribution in [0.15, 0.2) is 22.7 Å². The van der Waals surface area contributed by atoms with Gasteiger partial charge in [0.25, 0.3) is 0 Å². The first kappa shape index (κ1) is 13.5. The van der Waals surface area contributed by atoms with Crippen molar-refractivity contribution in [1.82, 2.24) is 4.90 Å². The SMILES string of the molecule is CCCN(CC#N)Cc1ccc(Br)cc1Cl. The Hall–Kier alpha value is -0.560. The molecule has 0 aliphatic rings. The summed E-state index contributed by atoms with van der Waals surface area (Å²) in [5.41, 5.74) is 1.06. The lowest BCUT2D eigenvalue weighted by Crippen LogP contribution is -2.24. The fourth-order valence-electron chi connectivity index (χ4n) is 1.52. The van der Waals surface area contributed by atoms with Crippen LogP contribution in [0, 0.1) is 11.3 Å². The van der Waals surface area contributed by atoms with Gasteiger partial charge in [0.05, 0.1) is 12.6 Å². The molecule has 0 aliphatic heterocycles. The van der Waals surface area contributed by atoms with Gasteiger partial charge in [0.1, 0.15) is 0 Å². The topological polar surface area (TPSA) is 27.0 Å². The molecule has 0 heterocycles. The lowest BCUT2D eigenvalue weighted by Gasteiger charge is -2.18. The molecule has 0 atom stereocenters. The minimum Gasteiger partial charge on any atom is -0.286 e. The van der Waals surface area contributed by atoms with Crippen LogP contribution in [0.2, 0.25) is 5.02 Å². The van der Waals surface area contributed by atoms with Crippen molar-refractivity contribution in [2.45, 2.75) is 19.9 Å². The van der Waals surface area contributed by atoms with Gasteiger partial charge in [-0.05, 0) is 30.7 Å². The standard InChI is InChI=1S/C12H14BrClN2/c1-2-6-16(7-5-15)9-10-3-4-11(13)8-12(10)14/h3-4,8H,2,6-7,9H2,1H3. The van der Waals surface area contributed by atoms with E-state index in [-0.39, 0.29) is 0 Å². The van der Waals surface area contributed by atoms with Crippen molar-refractivity contribution in [2.75, 3.05) is 13.1 Å². The summed E-state index contributed by atoms with van der Waals surface area (Å²) < 4.78 is 0.976. The maximum Gasteiger partial charge on any atom is 0.0868 e. The summed E-state index contributed by atoms with van der Waals surface area (Å²) in [6.07, 6.45) is 1.04. The Morgan fingerprint density at radius 2 is 2.25 bits per heavy atom. The molecule has 0 aliphatic carbocycles. The number of nitriles is 1. The molecule has 0 unspecified atom stereocenters. The fourth-order valence-corrected chi connectivity index (χ4v) is 2.25. The number of hydrogen-bond acceptors (Lipinski definition) is 2. The first-order valence-electron chi connectivity index (χ1n) is 5.20. The monoisotopic (exact) mass is 300 g/mol. The molecule has 1 rings (SSSR count). The van der Waals surface area contributed by atoms with Crippen LogP contribution in [0.5, 0.6) is 0 Å². The van der Waals surface area contributed by atoms with Gasteiger partial charge >= 0.3 is 0 Å². The largest absolute Gasteiger partial charge is 0.286 e. The van der Waals surface area contributed by atoms with Crippen LogP contribution < -0.4 is 0 Å². The smallest absolute Gasteiger partial charge is 0.0868 e. The van der Waals surface area contributed by atoms with E-state index in [9.17, 15) is 0 Å². The molecular formula is C12H14BrClN2. The van der Waals surface area contributed by atoms with Gasteiger partial charge < -0.3 is 0 Å². The van der Waals surface area contributed by atoms with Gasteiger partial charge in [-0.1, -0.05) is 40.5 Å². The van der Waals surface area contributed by atoms with Gasteiger partial charge in [0, 0.05) is 16.0 Å². The number of halogens is 2. The van der Waals surface area contributed by atoms with E-state index >= 15 is 0 Å². The molecule has 0 N–H and O–H groups in total. The molecule has 4 heteroatoms. The maximum absolute atomic E-state index is 8.72. The Bertz CT molecular complexity index is 387. The summed E-state index contributed by atoms with van der Waals surface area (Å²) in [4.78, 5) is 2.09. The summed E-state index contributed by atoms with van der Waals surface area (Å²) in [5, 5.41) is 9.47. The van der Waals surface area contributed by atoms with Crippen LogP contribution >= 0.6 is 27.5 Å². The first-order chi connectivity index (χ1) is 7.67. The van der Waals surface area contributed by atoms with Crippen LogP contribution in [0.25, 0.3) is 0 Å². The average molecular weight is 302 g/mol. The van der Waals surface area contributed by atoms with Crippen LogP contribution in [0.4, 0.5) is 0 Å². The summed E-state index contributed by atoms with van der Waals surface area (Å²) in [7, 11) is 0. The van der Waals surface area contributed by atoms with Crippen molar-refractivity contribution in [2.24, 2.45) is 0 Å². The molecule has 1 aromatic carbocycles. The minimum absolute atomic E-state index is 0.445. The Labute approximate surface area is 110 Å². The van der Waals surface area contributed by atoms with E-state index in [1.54, 1.807) is 0 Å². The fraction of sp³-hybridized carbons (Fsp3) is 0.417. The van der Waals surface area contributed by atoms with Crippen molar-refractivity contribution in [1.29, 1.82) is 5.26 Å². The Balaban J connectivity index is 2.73. The second-order valence-corrected chi connectivity index (χ2v) is 4.93. The highest BCUT2D eigenvalue weighted by atomic mass is 79.9. The molecule has 16 heavy (non-hydrogen) atoms. The molecule has 0 fully saturated rings. The van der Waals surface area contributed by atoms with Gasteiger partial charge in [-0.3, -0.25) is 4.90 Å². The lowest BCUT2D eigenvalue weighted by molar-refractivity contribution is 0.298. The lowest BCUT2D eigenvalue weighted by atomic mass is 10.2. The van der Waals surface area contributed by atoms with Crippen molar-refractivity contribution >= 4 is 27.5 Å². The molecule has 1 aromatic rings. The van der Waals surface area contributed by atoms with Crippen molar-refractivity contribution in [3.8, 4) is 6.07 Å². The third-order valence-corrected chi connectivity index (χ3v) is 3.09. The second kappa shape index (κ2) is 6.90. The number of rotatable bonds is 5. The highest BCUT2D eigenvalue weighted by molar-refractivity contribution is 9.10. The Morgan fingerprint density at radius 3 is 2.81 bits per heavy atom. The summed E-state index contributed by atoms with van der Waals surface area (Å²) in [6.45, 7) is 4.20. The van der Waals surface area contributed by atoms with E-state index < -0.39 is 0 Å². The predicted octanol–water partition coefficient (Wildman–Crippen LogP) is 3.84. The maximum atomic E-state index is 8.72. The van der Waals surface area contributed by atoms with E-state index in [2.05, 4.69) is 33.8 Å². The molecule has 0 aromatic heterocycles. The van der Waals surface area contributed by atoms with Gasteiger partial charge in [0.2, 0.25) is 0 Å². The normalized spacial score (nSPS) is 10.4.